The van der Waals surface area contributed by atoms with Gasteiger partial charge >= 0.3 is 6.09 Å². The standard InChI is InChI=1S/C49H73N11O16S/c1-8-24(2)39-44(70)53-19-37(65)54-32-23-77(74)47-29(28-12-11-27(75-7)16-33(28)59(47)14-10-9-13-51-48(73)76-49(4,5)6)17-30(41(67)52-20-38(66)57-39)55-45(71)40(25(3)35(63)22-61)58-43(69)34-15-26(62)21-60(34)46(72)31(18-36(50)64)56-42(32)68/h11-12,16,24-26,30-32,34-35,39-40,61-63H,8-10,13-15,17-23H2,1-7H3,(H2,50,64)(H,51,73)(H,52,67)(H,53,70)(H,54,65)(H,55,71)(H,56,68)(H,57,66)(H,58,69)/t24-,25-,26+,30?,31-,32?,34-,35-,39-,40-,77+/m0/s1. The van der Waals surface area contributed by atoms with E-state index in [9.17, 15) is 63.3 Å². The second-order valence-electron chi connectivity index (χ2n) is 20.4. The number of rotatable bonds is 13. The molecule has 77 heavy (non-hydrogen) atoms. The number of benzene rings is 1. The van der Waals surface area contributed by atoms with Crippen molar-refractivity contribution >= 4 is 81.3 Å². The van der Waals surface area contributed by atoms with E-state index in [2.05, 4.69) is 42.5 Å². The third-order valence-corrected chi connectivity index (χ3v) is 15.0. The van der Waals surface area contributed by atoms with Gasteiger partial charge in [0, 0.05) is 66.6 Å². The Bertz CT molecular complexity index is 2540. The first-order valence-corrected chi connectivity index (χ1v) is 26.7. The Morgan fingerprint density at radius 2 is 1.57 bits per heavy atom. The number of fused-ring (bicyclic) bond motifs is 5. The molecular formula is C49H73N11O16S. The molecule has 28 heteroatoms. The number of unbranched alkanes of at least 4 members (excludes halogenated alkanes) is 1. The van der Waals surface area contributed by atoms with E-state index in [4.69, 9.17) is 15.2 Å². The summed E-state index contributed by atoms with van der Waals surface area (Å²) in [7, 11) is 1.41. The number of aromatic nitrogens is 1. The zero-order chi connectivity index (χ0) is 57.1. The summed E-state index contributed by atoms with van der Waals surface area (Å²) in [4.78, 5) is 140. The molecule has 2 bridgehead atoms. The molecule has 11 atom stereocenters. The van der Waals surface area contributed by atoms with E-state index in [1.807, 2.05) is 0 Å². The summed E-state index contributed by atoms with van der Waals surface area (Å²) in [6, 6.07) is -5.37. The van der Waals surface area contributed by atoms with Crippen molar-refractivity contribution in [1.82, 2.24) is 52.0 Å². The average molecular weight is 1100 g/mol. The third-order valence-electron chi connectivity index (χ3n) is 13.5. The van der Waals surface area contributed by atoms with Crippen molar-refractivity contribution in [3.8, 4) is 5.75 Å². The first-order chi connectivity index (χ1) is 36.3. The number of nitrogens with zero attached hydrogens (tertiary/aromatic N) is 2. The smallest absolute Gasteiger partial charge is 0.407 e. The van der Waals surface area contributed by atoms with E-state index >= 15 is 4.55 Å². The number of primary amides is 1. The number of hydrogen-bond acceptors (Lipinski definition) is 16. The van der Waals surface area contributed by atoms with Crippen molar-refractivity contribution in [3.63, 3.8) is 0 Å². The number of aryl methyl sites for hydroxylation is 1. The molecule has 10 amide bonds. The van der Waals surface area contributed by atoms with Gasteiger partial charge in [0.05, 0.1) is 51.0 Å². The van der Waals surface area contributed by atoms with E-state index in [0.29, 0.717) is 29.5 Å². The highest BCUT2D eigenvalue weighted by atomic mass is 32.2. The summed E-state index contributed by atoms with van der Waals surface area (Å²) in [5.41, 5.74) is 5.31. The lowest BCUT2D eigenvalue weighted by Gasteiger charge is -2.33. The topological polar surface area (TPSA) is 403 Å². The number of carbonyl (C=O) groups is 10. The molecule has 0 radical (unpaired) electrons. The second kappa shape index (κ2) is 27.0. The molecule has 4 heterocycles. The Morgan fingerprint density at radius 1 is 0.896 bits per heavy atom. The van der Waals surface area contributed by atoms with Crippen molar-refractivity contribution in [2.75, 3.05) is 45.6 Å². The van der Waals surface area contributed by atoms with E-state index < -0.39 is 188 Å². The Morgan fingerprint density at radius 3 is 2.21 bits per heavy atom. The minimum absolute atomic E-state index is 0.0411. The second-order valence-corrected chi connectivity index (χ2v) is 21.9. The van der Waals surface area contributed by atoms with Gasteiger partial charge in [0.2, 0.25) is 58.2 Å². The predicted octanol–water partition coefficient (Wildman–Crippen LogP) is -3.84. The van der Waals surface area contributed by atoms with Crippen LogP contribution in [0.3, 0.4) is 0 Å². The summed E-state index contributed by atoms with van der Waals surface area (Å²) in [5, 5.41) is 52.3. The molecule has 0 spiro atoms. The molecule has 27 nitrogen and oxygen atoms in total. The Hall–Kier alpha value is -6.75. The number of aliphatic hydroxyl groups is 3. The van der Waals surface area contributed by atoms with Gasteiger partial charge in [0.25, 0.3) is 0 Å². The normalized spacial score (nSPS) is 25.8. The van der Waals surface area contributed by atoms with Crippen LogP contribution in [0.5, 0.6) is 5.75 Å². The summed E-state index contributed by atoms with van der Waals surface area (Å²) in [5.74, 6) is -11.6. The van der Waals surface area contributed by atoms with Crippen LogP contribution in [0.4, 0.5) is 4.79 Å². The fraction of sp³-hybridized carbons (Fsp3) is 0.633. The molecule has 5 rings (SSSR count). The number of amides is 10. The van der Waals surface area contributed by atoms with Gasteiger partial charge in [0.1, 0.15) is 47.3 Å². The van der Waals surface area contributed by atoms with E-state index in [-0.39, 0.29) is 30.1 Å². The van der Waals surface area contributed by atoms with E-state index in [1.165, 1.54) is 14.0 Å². The van der Waals surface area contributed by atoms with Crippen molar-refractivity contribution in [3.05, 3.63) is 23.8 Å². The number of hydrogen-bond donors (Lipinski definition) is 12. The number of carbonyl (C=O) groups excluding carboxylic acids is 10. The zero-order valence-corrected chi connectivity index (χ0v) is 45.0. The quantitative estimate of drug-likeness (QED) is 0.0675. The number of methoxy groups -OCH3 is 1. The van der Waals surface area contributed by atoms with Gasteiger partial charge in [-0.1, -0.05) is 27.2 Å². The van der Waals surface area contributed by atoms with Crippen molar-refractivity contribution in [2.24, 2.45) is 17.6 Å². The minimum Gasteiger partial charge on any atom is -0.610 e. The first-order valence-electron chi connectivity index (χ1n) is 25.4. The van der Waals surface area contributed by atoms with Crippen LogP contribution in [0.2, 0.25) is 0 Å². The molecule has 3 aliphatic heterocycles. The van der Waals surface area contributed by atoms with E-state index in [0.717, 1.165) is 4.90 Å². The van der Waals surface area contributed by atoms with Gasteiger partial charge in [-0.25, -0.2) is 4.79 Å². The minimum atomic E-state index is -2.45. The molecule has 426 valence electrons. The van der Waals surface area contributed by atoms with Crippen molar-refractivity contribution in [1.29, 1.82) is 0 Å². The van der Waals surface area contributed by atoms with Crippen LogP contribution in [0.15, 0.2) is 23.2 Å². The van der Waals surface area contributed by atoms with Crippen LogP contribution in [-0.2, 0) is 72.0 Å². The molecule has 3 aliphatic rings. The maximum Gasteiger partial charge on any atom is 0.407 e. The summed E-state index contributed by atoms with van der Waals surface area (Å²) in [6.07, 6.45) is -4.59. The lowest BCUT2D eigenvalue weighted by atomic mass is 9.93. The van der Waals surface area contributed by atoms with Crippen LogP contribution < -0.4 is 53.0 Å². The lowest BCUT2D eigenvalue weighted by Crippen LogP contribution is -2.62. The number of aliphatic hydroxyl groups excluding tert-OH is 3. The van der Waals surface area contributed by atoms with Crippen LogP contribution >= 0.6 is 0 Å². The highest BCUT2D eigenvalue weighted by Gasteiger charge is 2.46. The SMILES string of the molecule is CC[C@H](C)[C@@H]1NC(=O)CNC(=O)C2Cc3c(n(CCCCNC(=O)OC(C)(C)C)c4cc(OC)ccc34)[S@+]([O-])CC(NC(=O)CNC1=O)C(=O)N[C@@H](CC(N)=O)C(=O)N1C[C@H](O)C[C@H]1C(=O)N[C@@H]([C@@H](C)[C@@H](O)CO)C(=O)N2. The number of ether oxygens (including phenoxy) is 2. The number of alkyl carbamates (subject to hydrolysis) is 1. The molecule has 2 aromatic rings. The largest absolute Gasteiger partial charge is 0.610 e. The molecule has 2 unspecified atom stereocenters. The molecule has 1 aromatic heterocycles. The van der Waals surface area contributed by atoms with Crippen molar-refractivity contribution in [2.45, 2.75) is 146 Å². The van der Waals surface area contributed by atoms with Gasteiger partial charge in [-0.15, -0.1) is 0 Å². The van der Waals surface area contributed by atoms with Gasteiger partial charge < -0.3 is 87.1 Å². The maximum atomic E-state index is 15.5. The number of nitrogens with two attached hydrogens (primary N) is 1. The van der Waals surface area contributed by atoms with Crippen LogP contribution in [0, 0.1) is 11.8 Å². The summed E-state index contributed by atoms with van der Waals surface area (Å²) >= 11 is -2.45. The molecule has 1 saturated heterocycles. The summed E-state index contributed by atoms with van der Waals surface area (Å²) in [6.45, 7) is 6.99. The van der Waals surface area contributed by atoms with Gasteiger partial charge in [-0.2, -0.15) is 0 Å². The zero-order valence-electron chi connectivity index (χ0n) is 44.2. The first kappa shape index (κ1) is 61.1. The van der Waals surface area contributed by atoms with E-state index in [1.54, 1.807) is 57.4 Å². The molecule has 13 N–H and O–H groups in total. The third kappa shape index (κ3) is 16.2. The van der Waals surface area contributed by atoms with Crippen molar-refractivity contribution < 1.29 is 77.3 Å². The molecular weight excluding hydrogens is 1030 g/mol. The fourth-order valence-corrected chi connectivity index (χ4v) is 10.8. The predicted molar refractivity (Wildman–Crippen MR) is 274 cm³/mol. The molecule has 1 aromatic carbocycles. The fourth-order valence-electron chi connectivity index (χ4n) is 9.16. The average Bonchev–Trinajstić information content (AvgIpc) is 3.91. The Kier molecular flexibility index (Phi) is 21.4. The number of nitrogens with one attached hydrogen (secondary N) is 8. The van der Waals surface area contributed by atoms with Gasteiger partial charge in [0.15, 0.2) is 6.04 Å². The van der Waals surface area contributed by atoms with Crippen LogP contribution in [-0.4, -0.2) is 188 Å². The maximum absolute atomic E-state index is 15.5. The molecule has 1 fully saturated rings. The highest BCUT2D eigenvalue weighted by molar-refractivity contribution is 7.91. The molecule has 0 saturated carbocycles. The Labute approximate surface area is 447 Å². The summed E-state index contributed by atoms with van der Waals surface area (Å²) < 4.78 is 28.1. The lowest BCUT2D eigenvalue weighted by molar-refractivity contribution is -0.144. The Balaban J connectivity index is 1.78. The van der Waals surface area contributed by atoms with Gasteiger partial charge in [-0.05, 0) is 51.7 Å². The monoisotopic (exact) mass is 1100 g/mol. The van der Waals surface area contributed by atoms with Crippen LogP contribution in [0.25, 0.3) is 10.9 Å². The van der Waals surface area contributed by atoms with Crippen LogP contribution in [0.1, 0.15) is 79.2 Å². The van der Waals surface area contributed by atoms with Gasteiger partial charge in [-0.3, -0.25) is 43.2 Å². The molecule has 0 aliphatic carbocycles. The highest BCUT2D eigenvalue weighted by Crippen LogP contribution is 2.35.